The molecule has 2 aliphatic rings. The Morgan fingerprint density at radius 3 is 2.48 bits per heavy atom. The van der Waals surface area contributed by atoms with E-state index < -0.39 is 11.5 Å². The molecule has 0 aromatic heterocycles. The van der Waals surface area contributed by atoms with Crippen LogP contribution in [0.25, 0.3) is 0 Å². The van der Waals surface area contributed by atoms with Gasteiger partial charge in [-0.25, -0.2) is 4.79 Å². The number of carbonyl (C=O) groups excluding carboxylic acids is 1. The Balaban J connectivity index is 1.69. The van der Waals surface area contributed by atoms with Gasteiger partial charge in [0.25, 0.3) is 5.91 Å². The van der Waals surface area contributed by atoms with Crippen LogP contribution >= 0.6 is 11.8 Å². The zero-order chi connectivity index (χ0) is 16.3. The van der Waals surface area contributed by atoms with Gasteiger partial charge in [0.15, 0.2) is 0 Å². The van der Waals surface area contributed by atoms with E-state index in [1.807, 2.05) is 12.1 Å². The van der Waals surface area contributed by atoms with Crippen molar-refractivity contribution in [1.82, 2.24) is 5.32 Å². The van der Waals surface area contributed by atoms with E-state index in [0.29, 0.717) is 31.0 Å². The van der Waals surface area contributed by atoms with Crippen molar-refractivity contribution < 1.29 is 19.4 Å². The highest BCUT2D eigenvalue weighted by Crippen LogP contribution is 2.28. The van der Waals surface area contributed by atoms with Gasteiger partial charge in [0.1, 0.15) is 5.54 Å². The number of aliphatic carboxylic acids is 1. The minimum Gasteiger partial charge on any atom is -0.479 e. The van der Waals surface area contributed by atoms with Crippen molar-refractivity contribution in [1.29, 1.82) is 0 Å². The number of ether oxygens (including phenoxy) is 1. The second-order valence-corrected chi connectivity index (χ2v) is 6.90. The van der Waals surface area contributed by atoms with E-state index in [-0.39, 0.29) is 5.91 Å². The molecule has 1 aromatic carbocycles. The van der Waals surface area contributed by atoms with E-state index in [1.165, 1.54) is 0 Å². The lowest BCUT2D eigenvalue weighted by molar-refractivity contribution is -0.143. The van der Waals surface area contributed by atoms with Gasteiger partial charge >= 0.3 is 5.97 Å². The second kappa shape index (κ2) is 6.80. The van der Waals surface area contributed by atoms with Crippen LogP contribution in [0, 0.1) is 0 Å². The number of carboxylic acids is 1. The number of benzene rings is 1. The Hall–Kier alpha value is -1.73. The van der Waals surface area contributed by atoms with Gasteiger partial charge in [-0.05, 0) is 36.4 Å². The summed E-state index contributed by atoms with van der Waals surface area (Å²) in [4.78, 5) is 26.1. The summed E-state index contributed by atoms with van der Waals surface area (Å²) in [6, 6.07) is 7.30. The molecule has 2 saturated heterocycles. The molecule has 0 bridgehead atoms. The summed E-state index contributed by atoms with van der Waals surface area (Å²) in [7, 11) is 0. The van der Waals surface area contributed by atoms with Crippen molar-refractivity contribution in [2.75, 3.05) is 42.7 Å². The number of rotatable bonds is 4. The normalized spacial score (nSPS) is 24.4. The van der Waals surface area contributed by atoms with Crippen LogP contribution in [0.5, 0.6) is 0 Å². The molecule has 0 saturated carbocycles. The van der Waals surface area contributed by atoms with Crippen molar-refractivity contribution in [3.63, 3.8) is 0 Å². The maximum atomic E-state index is 12.4. The predicted octanol–water partition coefficient (Wildman–Crippen LogP) is 1.21. The highest BCUT2D eigenvalue weighted by Gasteiger charge is 2.43. The maximum absolute atomic E-state index is 12.4. The van der Waals surface area contributed by atoms with Crippen molar-refractivity contribution in [2.45, 2.75) is 12.0 Å². The average molecular weight is 336 g/mol. The molecule has 2 heterocycles. The minimum atomic E-state index is -1.13. The molecule has 0 radical (unpaired) electrons. The van der Waals surface area contributed by atoms with Gasteiger partial charge in [-0.2, -0.15) is 11.8 Å². The number of nitrogens with one attached hydrogen (secondary N) is 1. The number of anilines is 1. The summed E-state index contributed by atoms with van der Waals surface area (Å²) in [5.74, 6) is -0.119. The molecular weight excluding hydrogens is 316 g/mol. The fourth-order valence-corrected chi connectivity index (χ4v) is 4.15. The Morgan fingerprint density at radius 1 is 1.22 bits per heavy atom. The molecule has 2 fully saturated rings. The molecule has 6 nitrogen and oxygen atoms in total. The Bertz CT molecular complexity index is 578. The van der Waals surface area contributed by atoms with Crippen molar-refractivity contribution in [3.8, 4) is 0 Å². The van der Waals surface area contributed by atoms with E-state index >= 15 is 0 Å². The van der Waals surface area contributed by atoms with E-state index in [1.54, 1.807) is 23.9 Å². The van der Waals surface area contributed by atoms with E-state index in [2.05, 4.69) is 10.2 Å². The molecule has 7 heteroatoms. The first kappa shape index (κ1) is 16.1. The number of hydrogen-bond acceptors (Lipinski definition) is 5. The molecule has 1 atom stereocenters. The van der Waals surface area contributed by atoms with Crippen LogP contribution in [0.15, 0.2) is 24.3 Å². The summed E-state index contributed by atoms with van der Waals surface area (Å²) in [5, 5.41) is 12.1. The van der Waals surface area contributed by atoms with E-state index in [4.69, 9.17) is 4.74 Å². The van der Waals surface area contributed by atoms with Crippen molar-refractivity contribution >= 4 is 29.3 Å². The third-order valence-corrected chi connectivity index (χ3v) is 5.48. The first-order chi connectivity index (χ1) is 11.1. The monoisotopic (exact) mass is 336 g/mol. The zero-order valence-electron chi connectivity index (χ0n) is 12.8. The van der Waals surface area contributed by atoms with E-state index in [9.17, 15) is 14.7 Å². The number of hydrogen-bond donors (Lipinski definition) is 2. The Kier molecular flexibility index (Phi) is 4.77. The smallest absolute Gasteiger partial charge is 0.330 e. The third kappa shape index (κ3) is 3.45. The van der Waals surface area contributed by atoms with Gasteiger partial charge in [0.05, 0.1) is 13.2 Å². The number of thioether (sulfide) groups is 1. The molecule has 0 aliphatic carbocycles. The summed E-state index contributed by atoms with van der Waals surface area (Å²) >= 11 is 1.55. The summed E-state index contributed by atoms with van der Waals surface area (Å²) in [6.45, 7) is 3.10. The highest BCUT2D eigenvalue weighted by molar-refractivity contribution is 7.99. The molecule has 2 N–H and O–H groups in total. The third-order valence-electron chi connectivity index (χ3n) is 4.29. The van der Waals surface area contributed by atoms with Crippen molar-refractivity contribution in [3.05, 3.63) is 29.8 Å². The molecule has 124 valence electrons. The van der Waals surface area contributed by atoms with Gasteiger partial charge in [-0.1, -0.05) is 0 Å². The number of nitrogens with zero attached hydrogens (tertiary/aromatic N) is 1. The first-order valence-corrected chi connectivity index (χ1v) is 8.83. The van der Waals surface area contributed by atoms with E-state index in [0.717, 1.165) is 24.5 Å². The number of amides is 1. The predicted molar refractivity (Wildman–Crippen MR) is 89.2 cm³/mol. The fourth-order valence-electron chi connectivity index (χ4n) is 2.82. The molecule has 1 unspecified atom stereocenters. The molecule has 1 amide bonds. The maximum Gasteiger partial charge on any atom is 0.330 e. The Morgan fingerprint density at radius 2 is 1.91 bits per heavy atom. The van der Waals surface area contributed by atoms with Crippen LogP contribution in [0.1, 0.15) is 16.8 Å². The molecule has 1 aromatic rings. The van der Waals surface area contributed by atoms with Crippen LogP contribution in [0.2, 0.25) is 0 Å². The van der Waals surface area contributed by atoms with Gasteiger partial charge in [-0.15, -0.1) is 0 Å². The van der Waals surface area contributed by atoms with Crippen LogP contribution in [0.3, 0.4) is 0 Å². The lowest BCUT2D eigenvalue weighted by Gasteiger charge is -2.29. The van der Waals surface area contributed by atoms with Crippen LogP contribution in [-0.2, 0) is 9.53 Å². The van der Waals surface area contributed by atoms with Gasteiger partial charge in [-0.3, -0.25) is 4.79 Å². The summed E-state index contributed by atoms with van der Waals surface area (Å²) in [5.41, 5.74) is 0.402. The number of morpholine rings is 1. The molecule has 0 spiro atoms. The zero-order valence-corrected chi connectivity index (χ0v) is 13.6. The molecular formula is C16H20N2O4S. The average Bonchev–Trinajstić information content (AvgIpc) is 3.06. The lowest BCUT2D eigenvalue weighted by atomic mass is 9.98. The van der Waals surface area contributed by atoms with Gasteiger partial charge in [0, 0.05) is 30.1 Å². The summed E-state index contributed by atoms with van der Waals surface area (Å²) in [6.07, 6.45) is 0.463. The van der Waals surface area contributed by atoms with Gasteiger partial charge < -0.3 is 20.1 Å². The number of carboxylic acid groups (broad SMARTS) is 1. The summed E-state index contributed by atoms with van der Waals surface area (Å²) < 4.78 is 5.33. The lowest BCUT2D eigenvalue weighted by Crippen LogP contribution is -2.54. The SMILES string of the molecule is O=C(NC1(C(=O)O)CCSC1)c1ccc(N2CCOCC2)cc1. The first-order valence-electron chi connectivity index (χ1n) is 7.67. The van der Waals surface area contributed by atoms with Crippen molar-refractivity contribution in [2.24, 2.45) is 0 Å². The number of carbonyl (C=O) groups is 2. The minimum absolute atomic E-state index is 0.330. The second-order valence-electron chi connectivity index (χ2n) is 5.79. The standard InChI is InChI=1S/C16H20N2O4S/c19-14(17-16(15(20)21)5-10-23-11-16)12-1-3-13(4-2-12)18-6-8-22-9-7-18/h1-4H,5-11H2,(H,17,19)(H,20,21). The topological polar surface area (TPSA) is 78.9 Å². The van der Waals surface area contributed by atoms with Gasteiger partial charge in [0.2, 0.25) is 0 Å². The quantitative estimate of drug-likeness (QED) is 0.861. The fraction of sp³-hybridized carbons (Fsp3) is 0.500. The van der Waals surface area contributed by atoms with Crippen LogP contribution < -0.4 is 10.2 Å². The largest absolute Gasteiger partial charge is 0.479 e. The van der Waals surface area contributed by atoms with Crippen LogP contribution in [-0.4, -0.2) is 60.3 Å². The molecule has 3 rings (SSSR count). The molecule has 2 aliphatic heterocycles. The highest BCUT2D eigenvalue weighted by atomic mass is 32.2. The Labute approximate surface area is 139 Å². The van der Waals surface area contributed by atoms with Crippen LogP contribution in [0.4, 0.5) is 5.69 Å². The molecule has 23 heavy (non-hydrogen) atoms.